The maximum atomic E-state index is 15.5. The molecule has 5 rings (SSSR count). The number of carbonyl (C=O) groups excluding carboxylic acids is 2. The summed E-state index contributed by atoms with van der Waals surface area (Å²) in [4.78, 5) is 30.1. The largest absolute Gasteiger partial charge is 0.370 e. The average molecular weight is 502 g/mol. The third-order valence-electron chi connectivity index (χ3n) is 6.00. The van der Waals surface area contributed by atoms with E-state index in [0.29, 0.717) is 27.7 Å². The second kappa shape index (κ2) is 8.49. The molecular weight excluding hydrogens is 480 g/mol. The summed E-state index contributed by atoms with van der Waals surface area (Å²) in [5.41, 5.74) is 1.94. The molecule has 182 valence electrons. The van der Waals surface area contributed by atoms with Crippen LogP contribution in [0, 0.1) is 11.7 Å². The molecule has 0 spiro atoms. The van der Waals surface area contributed by atoms with Gasteiger partial charge in [0, 0.05) is 36.8 Å². The van der Waals surface area contributed by atoms with Crippen LogP contribution in [0.3, 0.4) is 0 Å². The Bertz CT molecular complexity index is 1480. The first-order chi connectivity index (χ1) is 16.7. The van der Waals surface area contributed by atoms with Crippen molar-refractivity contribution in [3.05, 3.63) is 41.6 Å². The molecule has 2 amide bonds. The molecule has 0 bridgehead atoms. The van der Waals surface area contributed by atoms with Crippen LogP contribution in [0.5, 0.6) is 0 Å². The van der Waals surface area contributed by atoms with E-state index in [0.717, 1.165) is 0 Å². The number of pyridine rings is 1. The Kier molecular flexibility index (Phi) is 5.59. The highest BCUT2D eigenvalue weighted by Crippen LogP contribution is 2.41. The molecule has 3 N–H and O–H groups in total. The van der Waals surface area contributed by atoms with Crippen molar-refractivity contribution in [3.63, 3.8) is 0 Å². The number of rotatable bonds is 6. The minimum Gasteiger partial charge on any atom is -0.370 e. The van der Waals surface area contributed by atoms with Crippen molar-refractivity contribution in [2.45, 2.75) is 25.6 Å². The number of H-pyrrole nitrogens is 1. The van der Waals surface area contributed by atoms with Crippen LogP contribution in [0.1, 0.15) is 13.3 Å². The Morgan fingerprint density at radius 1 is 1.31 bits per heavy atom. The number of imidazole rings is 1. The number of hydrogen-bond donors (Lipinski definition) is 3. The molecule has 3 aromatic heterocycles. The van der Waals surface area contributed by atoms with E-state index >= 15 is 4.39 Å². The SMILES string of the molecule is CC(Nc1c(F)c(Cl)c(-c2ccc3nc(NC(=O)[C@@H]4C[C@@H]4F)cn3c2)c2cn[nH]c12)C(=O)N(C)C. The van der Waals surface area contributed by atoms with Crippen molar-refractivity contribution >= 4 is 51.5 Å². The van der Waals surface area contributed by atoms with E-state index < -0.39 is 29.9 Å². The lowest BCUT2D eigenvalue weighted by atomic mass is 10.0. The average Bonchev–Trinajstić information content (AvgIpc) is 3.19. The fourth-order valence-corrected chi connectivity index (χ4v) is 4.36. The zero-order valence-corrected chi connectivity index (χ0v) is 19.8. The molecule has 1 fully saturated rings. The number of nitrogens with one attached hydrogen (secondary N) is 3. The van der Waals surface area contributed by atoms with Gasteiger partial charge in [0.05, 0.1) is 34.5 Å². The zero-order chi connectivity index (χ0) is 25.0. The van der Waals surface area contributed by atoms with Gasteiger partial charge in [0.25, 0.3) is 0 Å². The zero-order valence-electron chi connectivity index (χ0n) is 19.1. The smallest absolute Gasteiger partial charge is 0.244 e. The summed E-state index contributed by atoms with van der Waals surface area (Å²) in [7, 11) is 3.23. The molecule has 9 nitrogen and oxygen atoms in total. The number of likely N-dealkylation sites (N-methyl/N-ethyl adjacent to an activating group) is 1. The van der Waals surface area contributed by atoms with Crippen LogP contribution in [0.4, 0.5) is 20.3 Å². The standard InChI is InChI=1S/C23H22ClF2N7O2/c1-10(23(35)32(2)3)28-21-19(26)18(24)17(13-7-27-31-20(13)21)11-4-5-16-29-15(9-33(16)8-11)30-22(34)12-6-14(12)25/h4-5,7-10,12,14,28H,6H2,1-3H3,(H,27,31)(H,30,34)/t10?,12-,14+/m1/s1. The normalized spacial score (nSPS) is 18.0. The van der Waals surface area contributed by atoms with Gasteiger partial charge in [0.15, 0.2) is 11.6 Å². The molecule has 1 saturated carbocycles. The predicted octanol–water partition coefficient (Wildman–Crippen LogP) is 3.86. The van der Waals surface area contributed by atoms with Gasteiger partial charge in [-0.1, -0.05) is 11.6 Å². The number of fused-ring (bicyclic) bond motifs is 2. The van der Waals surface area contributed by atoms with Gasteiger partial charge in [-0.05, 0) is 25.5 Å². The fourth-order valence-electron chi connectivity index (χ4n) is 4.05. The molecule has 0 saturated heterocycles. The number of alkyl halides is 1. The van der Waals surface area contributed by atoms with Crippen LogP contribution in [-0.2, 0) is 9.59 Å². The third-order valence-corrected chi connectivity index (χ3v) is 6.36. The van der Waals surface area contributed by atoms with Gasteiger partial charge in [0.2, 0.25) is 11.8 Å². The molecule has 1 aliphatic carbocycles. The monoisotopic (exact) mass is 501 g/mol. The summed E-state index contributed by atoms with van der Waals surface area (Å²) in [5.74, 6) is -1.70. The summed E-state index contributed by atoms with van der Waals surface area (Å²) in [5, 5.41) is 12.8. The molecule has 4 aromatic rings. The minimum atomic E-state index is -1.10. The maximum absolute atomic E-state index is 15.5. The van der Waals surface area contributed by atoms with Crippen LogP contribution in [0.25, 0.3) is 27.7 Å². The van der Waals surface area contributed by atoms with Crippen molar-refractivity contribution in [2.24, 2.45) is 5.92 Å². The Hall–Kier alpha value is -3.73. The Morgan fingerprint density at radius 3 is 2.74 bits per heavy atom. The van der Waals surface area contributed by atoms with Crippen LogP contribution in [0.2, 0.25) is 5.02 Å². The van der Waals surface area contributed by atoms with Crippen molar-refractivity contribution in [3.8, 4) is 11.1 Å². The second-order valence-corrected chi connectivity index (χ2v) is 9.17. The minimum absolute atomic E-state index is 0.0499. The molecule has 0 radical (unpaired) electrons. The predicted molar refractivity (Wildman–Crippen MR) is 129 cm³/mol. The van der Waals surface area contributed by atoms with Gasteiger partial charge in [-0.2, -0.15) is 5.10 Å². The van der Waals surface area contributed by atoms with E-state index in [-0.39, 0.29) is 28.9 Å². The summed E-state index contributed by atoms with van der Waals surface area (Å²) in [6.07, 6.45) is 3.95. The quantitative estimate of drug-likeness (QED) is 0.372. The third kappa shape index (κ3) is 4.05. The van der Waals surface area contributed by atoms with Crippen molar-refractivity contribution in [2.75, 3.05) is 24.7 Å². The van der Waals surface area contributed by atoms with E-state index in [9.17, 15) is 14.0 Å². The highest BCUT2D eigenvalue weighted by molar-refractivity contribution is 6.36. The molecule has 0 aliphatic heterocycles. The van der Waals surface area contributed by atoms with Crippen molar-refractivity contribution in [1.82, 2.24) is 24.5 Å². The van der Waals surface area contributed by atoms with Crippen LogP contribution in [0.15, 0.2) is 30.7 Å². The highest BCUT2D eigenvalue weighted by atomic mass is 35.5. The molecule has 1 aliphatic rings. The van der Waals surface area contributed by atoms with Gasteiger partial charge >= 0.3 is 0 Å². The van der Waals surface area contributed by atoms with Gasteiger partial charge < -0.3 is 19.9 Å². The summed E-state index contributed by atoms with van der Waals surface area (Å²) < 4.78 is 30.3. The molecule has 1 unspecified atom stereocenters. The lowest BCUT2D eigenvalue weighted by Crippen LogP contribution is -2.36. The van der Waals surface area contributed by atoms with Gasteiger partial charge in [0.1, 0.15) is 17.9 Å². The first-order valence-corrected chi connectivity index (χ1v) is 11.3. The highest BCUT2D eigenvalue weighted by Gasteiger charge is 2.43. The molecule has 35 heavy (non-hydrogen) atoms. The Balaban J connectivity index is 1.52. The summed E-state index contributed by atoms with van der Waals surface area (Å²) >= 11 is 6.51. The number of amides is 2. The topological polar surface area (TPSA) is 107 Å². The van der Waals surface area contributed by atoms with E-state index in [4.69, 9.17) is 11.6 Å². The number of aromatic amines is 1. The maximum Gasteiger partial charge on any atom is 0.244 e. The van der Waals surface area contributed by atoms with Crippen LogP contribution in [-0.4, -0.2) is 62.6 Å². The Labute approximate surface area is 203 Å². The Morgan fingerprint density at radius 2 is 2.06 bits per heavy atom. The lowest BCUT2D eigenvalue weighted by molar-refractivity contribution is -0.129. The van der Waals surface area contributed by atoms with Crippen LogP contribution >= 0.6 is 11.6 Å². The van der Waals surface area contributed by atoms with Crippen LogP contribution < -0.4 is 10.6 Å². The summed E-state index contributed by atoms with van der Waals surface area (Å²) in [6, 6.07) is 2.72. The molecule has 12 heteroatoms. The fraction of sp³-hybridized carbons (Fsp3) is 0.304. The van der Waals surface area contributed by atoms with Crippen molar-refractivity contribution in [1.29, 1.82) is 0 Å². The van der Waals surface area contributed by atoms with Gasteiger partial charge in [-0.15, -0.1) is 0 Å². The number of aromatic nitrogens is 4. The van der Waals surface area contributed by atoms with Gasteiger partial charge in [-0.25, -0.2) is 13.8 Å². The number of nitrogens with zero attached hydrogens (tertiary/aromatic N) is 4. The first-order valence-electron chi connectivity index (χ1n) is 10.9. The second-order valence-electron chi connectivity index (χ2n) is 8.79. The number of hydrogen-bond acceptors (Lipinski definition) is 5. The summed E-state index contributed by atoms with van der Waals surface area (Å²) in [6.45, 7) is 1.63. The van der Waals surface area contributed by atoms with E-state index in [1.807, 2.05) is 0 Å². The number of benzene rings is 1. The van der Waals surface area contributed by atoms with Gasteiger partial charge in [-0.3, -0.25) is 14.7 Å². The van der Waals surface area contributed by atoms with Crippen molar-refractivity contribution < 1.29 is 18.4 Å². The first kappa shape index (κ1) is 23.0. The molecular formula is C23H22ClF2N7O2. The number of carbonyl (C=O) groups is 2. The lowest BCUT2D eigenvalue weighted by Gasteiger charge is -2.21. The van der Waals surface area contributed by atoms with E-state index in [1.165, 1.54) is 11.1 Å². The number of halogens is 3. The van der Waals surface area contributed by atoms with E-state index in [1.54, 1.807) is 49.9 Å². The number of anilines is 2. The van der Waals surface area contributed by atoms with E-state index in [2.05, 4.69) is 25.8 Å². The molecule has 1 aromatic carbocycles. The molecule has 3 atom stereocenters. The molecule has 3 heterocycles.